The van der Waals surface area contributed by atoms with Gasteiger partial charge in [0.25, 0.3) is 11.8 Å². The molecule has 1 fully saturated rings. The molecule has 1 aliphatic heterocycles. The molecular weight excluding hydrogens is 352 g/mol. The molecule has 146 valence electrons. The van der Waals surface area contributed by atoms with Crippen LogP contribution >= 0.6 is 0 Å². The predicted molar refractivity (Wildman–Crippen MR) is 109 cm³/mol. The molecule has 2 N–H and O–H groups in total. The van der Waals surface area contributed by atoms with Crippen LogP contribution in [0.2, 0.25) is 0 Å². The van der Waals surface area contributed by atoms with Crippen molar-refractivity contribution < 1.29 is 9.63 Å². The van der Waals surface area contributed by atoms with Gasteiger partial charge >= 0.3 is 0 Å². The van der Waals surface area contributed by atoms with E-state index in [2.05, 4.69) is 20.4 Å². The standard InChI is InChI=1S/C22H26N4O2/c27-20(18-7-3-1-4-8-18)16-26-13-11-17(12-14-26)15-23-22-24-21(28-25-22)19-9-5-2-6-10-19/h1-10,17,20,27H,11-16H2,(H,23,25). The van der Waals surface area contributed by atoms with Crippen molar-refractivity contribution in [1.29, 1.82) is 0 Å². The van der Waals surface area contributed by atoms with E-state index in [0.29, 0.717) is 24.3 Å². The number of anilines is 1. The number of aliphatic hydroxyl groups is 1. The summed E-state index contributed by atoms with van der Waals surface area (Å²) in [6, 6.07) is 19.7. The number of rotatable bonds is 7. The highest BCUT2D eigenvalue weighted by Gasteiger charge is 2.22. The first-order valence-corrected chi connectivity index (χ1v) is 9.86. The second-order valence-electron chi connectivity index (χ2n) is 7.34. The summed E-state index contributed by atoms with van der Waals surface area (Å²) in [5.41, 5.74) is 1.91. The minimum atomic E-state index is -0.424. The molecule has 2 aromatic carbocycles. The Labute approximate surface area is 165 Å². The van der Waals surface area contributed by atoms with Crippen molar-refractivity contribution in [3.05, 3.63) is 66.2 Å². The van der Waals surface area contributed by atoms with Gasteiger partial charge in [0.1, 0.15) is 0 Å². The van der Waals surface area contributed by atoms with Gasteiger partial charge in [-0.1, -0.05) is 48.5 Å². The first kappa shape index (κ1) is 18.7. The first-order valence-electron chi connectivity index (χ1n) is 9.86. The monoisotopic (exact) mass is 378 g/mol. The largest absolute Gasteiger partial charge is 0.387 e. The Hall–Kier alpha value is -2.70. The number of nitrogens with zero attached hydrogens (tertiary/aromatic N) is 3. The summed E-state index contributed by atoms with van der Waals surface area (Å²) in [6.07, 6.45) is 1.77. The minimum absolute atomic E-state index is 0.424. The summed E-state index contributed by atoms with van der Waals surface area (Å²) in [7, 11) is 0. The Morgan fingerprint density at radius 2 is 1.71 bits per heavy atom. The van der Waals surface area contributed by atoms with E-state index in [1.54, 1.807) is 0 Å². The highest BCUT2D eigenvalue weighted by Crippen LogP contribution is 2.22. The van der Waals surface area contributed by atoms with E-state index in [-0.39, 0.29) is 0 Å². The van der Waals surface area contributed by atoms with Gasteiger partial charge in [-0.15, -0.1) is 0 Å². The third-order valence-electron chi connectivity index (χ3n) is 5.32. The Morgan fingerprint density at radius 1 is 1.04 bits per heavy atom. The maximum atomic E-state index is 10.4. The lowest BCUT2D eigenvalue weighted by Crippen LogP contribution is -2.38. The highest BCUT2D eigenvalue weighted by atomic mass is 16.5. The second-order valence-corrected chi connectivity index (χ2v) is 7.34. The summed E-state index contributed by atoms with van der Waals surface area (Å²) in [4.78, 5) is 6.76. The van der Waals surface area contributed by atoms with Gasteiger partial charge in [0.15, 0.2) is 0 Å². The maximum Gasteiger partial charge on any atom is 0.263 e. The van der Waals surface area contributed by atoms with Gasteiger partial charge < -0.3 is 19.8 Å². The fourth-order valence-electron chi connectivity index (χ4n) is 3.63. The van der Waals surface area contributed by atoms with Gasteiger partial charge in [0.2, 0.25) is 0 Å². The average molecular weight is 378 g/mol. The number of piperidine rings is 1. The van der Waals surface area contributed by atoms with Crippen molar-refractivity contribution in [3.63, 3.8) is 0 Å². The molecule has 0 radical (unpaired) electrons. The van der Waals surface area contributed by atoms with Crippen molar-refractivity contribution >= 4 is 5.95 Å². The number of benzene rings is 2. The summed E-state index contributed by atoms with van der Waals surface area (Å²) >= 11 is 0. The number of β-amino-alcohol motifs (C(OH)–C–C–N with tert-alkyl or cyclic N) is 1. The molecule has 0 saturated carbocycles. The van der Waals surface area contributed by atoms with Crippen LogP contribution in [-0.4, -0.2) is 46.3 Å². The van der Waals surface area contributed by atoms with E-state index in [1.165, 1.54) is 0 Å². The van der Waals surface area contributed by atoms with Gasteiger partial charge in [0, 0.05) is 18.7 Å². The van der Waals surface area contributed by atoms with Gasteiger partial charge in [-0.05, 0) is 54.7 Å². The molecule has 4 rings (SSSR count). The number of likely N-dealkylation sites (tertiary alicyclic amines) is 1. The molecule has 0 aliphatic carbocycles. The molecule has 0 bridgehead atoms. The van der Waals surface area contributed by atoms with Crippen LogP contribution in [0.3, 0.4) is 0 Å². The molecule has 6 nitrogen and oxygen atoms in total. The zero-order valence-electron chi connectivity index (χ0n) is 15.9. The number of hydrogen-bond donors (Lipinski definition) is 2. The first-order chi connectivity index (χ1) is 13.8. The van der Waals surface area contributed by atoms with E-state index in [1.807, 2.05) is 60.7 Å². The van der Waals surface area contributed by atoms with Crippen molar-refractivity contribution in [2.45, 2.75) is 18.9 Å². The molecular formula is C22H26N4O2. The predicted octanol–water partition coefficient (Wildman–Crippen LogP) is 3.59. The quantitative estimate of drug-likeness (QED) is 0.654. The van der Waals surface area contributed by atoms with E-state index < -0.39 is 6.10 Å². The second kappa shape index (κ2) is 8.99. The number of nitrogens with one attached hydrogen (secondary N) is 1. The topological polar surface area (TPSA) is 74.4 Å². The lowest BCUT2D eigenvalue weighted by molar-refractivity contribution is 0.0908. The average Bonchev–Trinajstić information content (AvgIpc) is 3.24. The summed E-state index contributed by atoms with van der Waals surface area (Å²) < 4.78 is 5.33. The third-order valence-corrected chi connectivity index (χ3v) is 5.32. The zero-order chi connectivity index (χ0) is 19.2. The Bertz CT molecular complexity index is 845. The lowest BCUT2D eigenvalue weighted by atomic mass is 9.96. The fraction of sp³-hybridized carbons (Fsp3) is 0.364. The van der Waals surface area contributed by atoms with Crippen LogP contribution in [0.15, 0.2) is 65.2 Å². The van der Waals surface area contributed by atoms with Crippen molar-refractivity contribution in [3.8, 4) is 11.5 Å². The Balaban J connectivity index is 1.21. The summed E-state index contributed by atoms with van der Waals surface area (Å²) in [6.45, 7) is 3.52. The van der Waals surface area contributed by atoms with E-state index in [9.17, 15) is 5.11 Å². The van der Waals surface area contributed by atoms with Crippen LogP contribution in [0.5, 0.6) is 0 Å². The van der Waals surface area contributed by atoms with E-state index in [0.717, 1.165) is 43.6 Å². The van der Waals surface area contributed by atoms with E-state index >= 15 is 0 Å². The van der Waals surface area contributed by atoms with Crippen LogP contribution in [0.4, 0.5) is 5.95 Å². The van der Waals surface area contributed by atoms with Crippen LogP contribution in [0.1, 0.15) is 24.5 Å². The number of aliphatic hydroxyl groups excluding tert-OH is 1. The molecule has 0 amide bonds. The van der Waals surface area contributed by atoms with E-state index in [4.69, 9.17) is 4.52 Å². The van der Waals surface area contributed by atoms with Gasteiger partial charge in [-0.2, -0.15) is 4.98 Å². The van der Waals surface area contributed by atoms with Crippen molar-refractivity contribution in [2.24, 2.45) is 5.92 Å². The smallest absolute Gasteiger partial charge is 0.263 e. The maximum absolute atomic E-state index is 10.4. The van der Waals surface area contributed by atoms with Crippen LogP contribution in [-0.2, 0) is 0 Å². The van der Waals surface area contributed by atoms with Crippen LogP contribution in [0.25, 0.3) is 11.5 Å². The molecule has 6 heteroatoms. The third kappa shape index (κ3) is 4.77. The van der Waals surface area contributed by atoms with Crippen LogP contribution in [0, 0.1) is 5.92 Å². The molecule has 1 atom stereocenters. The Morgan fingerprint density at radius 3 is 2.43 bits per heavy atom. The zero-order valence-corrected chi connectivity index (χ0v) is 15.9. The Kier molecular flexibility index (Phi) is 5.99. The van der Waals surface area contributed by atoms with Crippen LogP contribution < -0.4 is 5.32 Å². The SMILES string of the molecule is OC(CN1CCC(CNc2noc(-c3ccccc3)n2)CC1)c1ccccc1. The molecule has 1 aliphatic rings. The molecule has 28 heavy (non-hydrogen) atoms. The lowest BCUT2D eigenvalue weighted by Gasteiger charge is -2.33. The highest BCUT2D eigenvalue weighted by molar-refractivity contribution is 5.53. The molecule has 1 aromatic heterocycles. The molecule has 0 spiro atoms. The molecule has 3 aromatic rings. The summed E-state index contributed by atoms with van der Waals surface area (Å²) in [5, 5.41) is 17.7. The summed E-state index contributed by atoms with van der Waals surface area (Å²) in [5.74, 6) is 1.65. The van der Waals surface area contributed by atoms with Gasteiger partial charge in [-0.3, -0.25) is 0 Å². The van der Waals surface area contributed by atoms with Crippen molar-refractivity contribution in [1.82, 2.24) is 15.0 Å². The fourth-order valence-corrected chi connectivity index (χ4v) is 3.63. The van der Waals surface area contributed by atoms with Gasteiger partial charge in [-0.25, -0.2) is 0 Å². The molecule has 1 saturated heterocycles. The number of hydrogen-bond acceptors (Lipinski definition) is 6. The molecule has 1 unspecified atom stereocenters. The van der Waals surface area contributed by atoms with Gasteiger partial charge in [0.05, 0.1) is 6.10 Å². The number of aromatic nitrogens is 2. The van der Waals surface area contributed by atoms with Crippen molar-refractivity contribution in [2.75, 3.05) is 31.5 Å². The molecule has 2 heterocycles. The minimum Gasteiger partial charge on any atom is -0.387 e. The normalized spacial score (nSPS) is 16.8.